The van der Waals surface area contributed by atoms with Gasteiger partial charge in [-0.3, -0.25) is 0 Å². The second kappa shape index (κ2) is 3.52. The summed E-state index contributed by atoms with van der Waals surface area (Å²) in [5.74, 6) is 0. The highest BCUT2D eigenvalue weighted by molar-refractivity contribution is 6.35. The molecule has 1 aromatic carbocycles. The van der Waals surface area contributed by atoms with Gasteiger partial charge in [-0.2, -0.15) is 5.10 Å². The van der Waals surface area contributed by atoms with Crippen molar-refractivity contribution in [3.63, 3.8) is 0 Å². The molecule has 0 aliphatic carbocycles. The molecular weight excluding hydrogens is 198 g/mol. The third-order valence-electron chi connectivity index (χ3n) is 2.16. The summed E-state index contributed by atoms with van der Waals surface area (Å²) in [6, 6.07) is 5.68. The number of fused-ring (bicyclic) bond motifs is 1. The summed E-state index contributed by atoms with van der Waals surface area (Å²) in [4.78, 5) is 0. The lowest BCUT2D eigenvalue weighted by Crippen LogP contribution is -2.01. The van der Waals surface area contributed by atoms with Crippen LogP contribution in [-0.2, 0) is 6.54 Å². The molecule has 0 aliphatic heterocycles. The van der Waals surface area contributed by atoms with E-state index in [2.05, 4.69) is 10.2 Å². The van der Waals surface area contributed by atoms with E-state index in [0.717, 1.165) is 22.2 Å². The zero-order valence-electron chi connectivity index (χ0n) is 7.79. The van der Waals surface area contributed by atoms with Crippen LogP contribution in [0.4, 0.5) is 0 Å². The first kappa shape index (κ1) is 9.37. The van der Waals surface area contributed by atoms with Crippen molar-refractivity contribution >= 4 is 22.5 Å². The number of benzene rings is 1. The van der Waals surface area contributed by atoms with Gasteiger partial charge in [0.2, 0.25) is 0 Å². The first-order valence-corrected chi connectivity index (χ1v) is 4.71. The lowest BCUT2D eigenvalue weighted by molar-refractivity contribution is 0.918. The van der Waals surface area contributed by atoms with Crippen LogP contribution in [0.5, 0.6) is 0 Å². The predicted molar refractivity (Wildman–Crippen MR) is 57.2 cm³/mol. The first-order valence-electron chi connectivity index (χ1n) is 4.34. The van der Waals surface area contributed by atoms with Gasteiger partial charge in [-0.05, 0) is 24.6 Å². The molecule has 2 N–H and O–H groups in total. The number of nitrogens with zero attached hydrogens (tertiary/aromatic N) is 2. The van der Waals surface area contributed by atoms with Crippen LogP contribution in [0.1, 0.15) is 11.3 Å². The fourth-order valence-electron chi connectivity index (χ4n) is 1.37. The molecule has 4 heteroatoms. The monoisotopic (exact) mass is 207 g/mol. The van der Waals surface area contributed by atoms with Crippen LogP contribution in [0.3, 0.4) is 0 Å². The molecule has 0 bridgehead atoms. The maximum absolute atomic E-state index is 6.05. The van der Waals surface area contributed by atoms with Crippen LogP contribution in [0, 0.1) is 6.92 Å². The van der Waals surface area contributed by atoms with Gasteiger partial charge >= 0.3 is 0 Å². The van der Waals surface area contributed by atoms with Gasteiger partial charge in [0.05, 0.1) is 16.2 Å². The van der Waals surface area contributed by atoms with E-state index >= 15 is 0 Å². The Balaban J connectivity index is 2.80. The molecular formula is C10H10ClN3. The zero-order valence-corrected chi connectivity index (χ0v) is 8.54. The minimum Gasteiger partial charge on any atom is -0.325 e. The molecule has 1 aromatic heterocycles. The highest BCUT2D eigenvalue weighted by Crippen LogP contribution is 2.24. The Morgan fingerprint density at radius 1 is 1.36 bits per heavy atom. The lowest BCUT2D eigenvalue weighted by Gasteiger charge is -2.03. The van der Waals surface area contributed by atoms with Gasteiger partial charge in [-0.15, -0.1) is 5.10 Å². The number of aryl methyl sites for hydroxylation is 1. The van der Waals surface area contributed by atoms with Gasteiger partial charge in [-0.1, -0.05) is 17.7 Å². The summed E-state index contributed by atoms with van der Waals surface area (Å²) in [5.41, 5.74) is 8.15. The molecule has 1 heterocycles. The molecule has 0 saturated heterocycles. The fourth-order valence-corrected chi connectivity index (χ4v) is 1.58. The van der Waals surface area contributed by atoms with Crippen LogP contribution in [0.15, 0.2) is 18.2 Å². The number of hydrogen-bond acceptors (Lipinski definition) is 3. The molecule has 14 heavy (non-hydrogen) atoms. The van der Waals surface area contributed by atoms with Crippen molar-refractivity contribution in [3.8, 4) is 0 Å². The zero-order chi connectivity index (χ0) is 10.1. The maximum atomic E-state index is 6.05. The molecule has 0 atom stereocenters. The summed E-state index contributed by atoms with van der Waals surface area (Å²) in [6.45, 7) is 2.36. The molecule has 2 aromatic rings. The summed E-state index contributed by atoms with van der Waals surface area (Å²) in [5, 5.41) is 9.70. The van der Waals surface area contributed by atoms with Gasteiger partial charge in [0.15, 0.2) is 0 Å². The number of halogens is 1. The van der Waals surface area contributed by atoms with Crippen LogP contribution < -0.4 is 5.73 Å². The largest absolute Gasteiger partial charge is 0.325 e. The fraction of sp³-hybridized carbons (Fsp3) is 0.200. The Morgan fingerprint density at radius 2 is 2.14 bits per heavy atom. The molecule has 3 nitrogen and oxygen atoms in total. The van der Waals surface area contributed by atoms with E-state index in [4.69, 9.17) is 17.3 Å². The molecule has 0 aliphatic rings. The smallest absolute Gasteiger partial charge is 0.0973 e. The predicted octanol–water partition coefficient (Wildman–Crippen LogP) is 2.05. The van der Waals surface area contributed by atoms with Crippen molar-refractivity contribution in [3.05, 3.63) is 34.5 Å². The Morgan fingerprint density at radius 3 is 2.86 bits per heavy atom. The Bertz CT molecular complexity index is 482. The van der Waals surface area contributed by atoms with Crippen LogP contribution in [-0.4, -0.2) is 10.2 Å². The van der Waals surface area contributed by atoms with Gasteiger partial charge in [0.25, 0.3) is 0 Å². The van der Waals surface area contributed by atoms with Crippen molar-refractivity contribution in [2.45, 2.75) is 13.5 Å². The quantitative estimate of drug-likeness (QED) is 0.779. The van der Waals surface area contributed by atoms with Crippen molar-refractivity contribution in [1.82, 2.24) is 10.2 Å². The highest BCUT2D eigenvalue weighted by atomic mass is 35.5. The second-order valence-corrected chi connectivity index (χ2v) is 3.57. The maximum Gasteiger partial charge on any atom is 0.0973 e. The minimum absolute atomic E-state index is 0.382. The molecule has 72 valence electrons. The Labute approximate surface area is 86.9 Å². The summed E-state index contributed by atoms with van der Waals surface area (Å²) < 4.78 is 0. The average molecular weight is 208 g/mol. The van der Waals surface area contributed by atoms with Crippen LogP contribution >= 0.6 is 11.6 Å². The molecule has 0 fully saturated rings. The van der Waals surface area contributed by atoms with Gasteiger partial charge in [0.1, 0.15) is 0 Å². The summed E-state index contributed by atoms with van der Waals surface area (Å²) >= 11 is 6.05. The van der Waals surface area contributed by atoms with E-state index < -0.39 is 0 Å². The first-order chi connectivity index (χ1) is 6.72. The summed E-state index contributed by atoms with van der Waals surface area (Å²) in [7, 11) is 0. The number of hydrogen-bond donors (Lipinski definition) is 1. The van der Waals surface area contributed by atoms with Crippen molar-refractivity contribution in [1.29, 1.82) is 0 Å². The molecule has 0 unspecified atom stereocenters. The molecule has 0 radical (unpaired) electrons. The van der Waals surface area contributed by atoms with E-state index in [0.29, 0.717) is 11.6 Å². The van der Waals surface area contributed by atoms with Crippen LogP contribution in [0.25, 0.3) is 10.9 Å². The average Bonchev–Trinajstić information content (AvgIpc) is 2.23. The molecule has 0 saturated carbocycles. The van der Waals surface area contributed by atoms with Gasteiger partial charge in [-0.25, -0.2) is 0 Å². The number of rotatable bonds is 1. The Kier molecular flexibility index (Phi) is 2.35. The van der Waals surface area contributed by atoms with Gasteiger partial charge in [0, 0.05) is 11.9 Å². The van der Waals surface area contributed by atoms with E-state index in [1.807, 2.05) is 25.1 Å². The summed E-state index contributed by atoms with van der Waals surface area (Å²) in [6.07, 6.45) is 0. The van der Waals surface area contributed by atoms with E-state index in [1.54, 1.807) is 0 Å². The van der Waals surface area contributed by atoms with Gasteiger partial charge < -0.3 is 5.73 Å². The molecule has 2 rings (SSSR count). The van der Waals surface area contributed by atoms with E-state index in [9.17, 15) is 0 Å². The van der Waals surface area contributed by atoms with Crippen molar-refractivity contribution < 1.29 is 0 Å². The normalized spacial score (nSPS) is 10.8. The number of nitrogens with two attached hydrogens (primary N) is 1. The third-order valence-corrected chi connectivity index (χ3v) is 2.49. The van der Waals surface area contributed by atoms with E-state index in [-0.39, 0.29) is 0 Å². The minimum atomic E-state index is 0.382. The highest BCUT2D eigenvalue weighted by Gasteiger charge is 2.04. The standard InChI is InChI=1S/C10H10ClN3/c1-6-2-3-9(11)8-4-7(5-12)13-14-10(6)8/h2-4H,5,12H2,1H3. The van der Waals surface area contributed by atoms with Crippen molar-refractivity contribution in [2.24, 2.45) is 5.73 Å². The van der Waals surface area contributed by atoms with E-state index in [1.165, 1.54) is 0 Å². The molecule has 0 spiro atoms. The van der Waals surface area contributed by atoms with Crippen molar-refractivity contribution in [2.75, 3.05) is 0 Å². The second-order valence-electron chi connectivity index (χ2n) is 3.17. The number of aromatic nitrogens is 2. The molecule has 0 amide bonds. The third kappa shape index (κ3) is 1.45. The topological polar surface area (TPSA) is 51.8 Å². The van der Waals surface area contributed by atoms with Crippen LogP contribution in [0.2, 0.25) is 5.02 Å². The lowest BCUT2D eigenvalue weighted by atomic mass is 10.1. The SMILES string of the molecule is Cc1ccc(Cl)c2cc(CN)nnc12. The Hall–Kier alpha value is -1.19.